The minimum absolute atomic E-state index is 0.0857. The molecular weight excluding hydrogens is 270 g/mol. The van der Waals surface area contributed by atoms with Gasteiger partial charge in [0.25, 0.3) is 0 Å². The molecular formula is C16H21NO4. The summed E-state index contributed by atoms with van der Waals surface area (Å²) in [6.45, 7) is 5.23. The topological polar surface area (TPSA) is 75.6 Å². The summed E-state index contributed by atoms with van der Waals surface area (Å²) in [5, 5.41) is 11.8. The van der Waals surface area contributed by atoms with Crippen molar-refractivity contribution in [3.63, 3.8) is 0 Å². The van der Waals surface area contributed by atoms with Crippen LogP contribution in [0.5, 0.6) is 0 Å². The van der Waals surface area contributed by atoms with E-state index in [2.05, 4.69) is 5.32 Å². The number of nitrogens with one attached hydrogen (secondary N) is 1. The van der Waals surface area contributed by atoms with Crippen molar-refractivity contribution in [2.75, 3.05) is 0 Å². The molecule has 1 aromatic carbocycles. The van der Waals surface area contributed by atoms with Crippen molar-refractivity contribution in [2.45, 2.75) is 44.8 Å². The summed E-state index contributed by atoms with van der Waals surface area (Å²) in [6.07, 6.45) is 0.0742. The van der Waals surface area contributed by atoms with Crippen LogP contribution in [0.3, 0.4) is 0 Å². The number of carboxylic acids is 1. The van der Waals surface area contributed by atoms with Gasteiger partial charge in [0.1, 0.15) is 11.6 Å². The molecule has 2 rings (SSSR count). The van der Waals surface area contributed by atoms with Gasteiger partial charge in [0, 0.05) is 0 Å². The first-order valence-corrected chi connectivity index (χ1v) is 7.05. The van der Waals surface area contributed by atoms with E-state index in [1.54, 1.807) is 20.8 Å². The number of aliphatic carboxylic acids is 1. The van der Waals surface area contributed by atoms with Crippen molar-refractivity contribution < 1.29 is 19.4 Å². The second-order valence-electron chi connectivity index (χ2n) is 6.38. The number of carboxylic acid groups (broad SMARTS) is 1. The summed E-state index contributed by atoms with van der Waals surface area (Å²) < 4.78 is 5.12. The van der Waals surface area contributed by atoms with Crippen LogP contribution in [0.4, 0.5) is 4.79 Å². The van der Waals surface area contributed by atoms with Crippen LogP contribution in [0.1, 0.15) is 38.7 Å². The van der Waals surface area contributed by atoms with Crippen LogP contribution in [-0.2, 0) is 9.53 Å². The molecule has 1 aliphatic rings. The first kappa shape index (κ1) is 15.4. The summed E-state index contributed by atoms with van der Waals surface area (Å²) >= 11 is 0. The minimum Gasteiger partial charge on any atom is -0.480 e. The molecule has 114 valence electrons. The number of alkyl carbamates (subject to hydrolysis) is 1. The summed E-state index contributed by atoms with van der Waals surface area (Å²) in [7, 11) is 0. The minimum atomic E-state index is -1.02. The monoisotopic (exact) mass is 291 g/mol. The Balaban J connectivity index is 1.99. The third kappa shape index (κ3) is 4.21. The van der Waals surface area contributed by atoms with Crippen LogP contribution in [0.2, 0.25) is 0 Å². The van der Waals surface area contributed by atoms with E-state index >= 15 is 0 Å². The second kappa shape index (κ2) is 5.76. The number of rotatable bonds is 4. The van der Waals surface area contributed by atoms with Gasteiger partial charge in [-0.2, -0.15) is 0 Å². The number of hydrogen-bond donors (Lipinski definition) is 2. The van der Waals surface area contributed by atoms with E-state index in [0.29, 0.717) is 0 Å². The van der Waals surface area contributed by atoms with Crippen molar-refractivity contribution in [3.8, 4) is 0 Å². The lowest BCUT2D eigenvalue weighted by molar-refractivity contribution is -0.140. The number of carbonyl (C=O) groups excluding carboxylic acids is 1. The van der Waals surface area contributed by atoms with Crippen LogP contribution in [0.15, 0.2) is 30.3 Å². The van der Waals surface area contributed by atoms with Gasteiger partial charge in [-0.25, -0.2) is 9.59 Å². The third-order valence-corrected chi connectivity index (χ3v) is 3.43. The van der Waals surface area contributed by atoms with Crippen molar-refractivity contribution in [2.24, 2.45) is 5.92 Å². The second-order valence-corrected chi connectivity index (χ2v) is 6.38. The van der Waals surface area contributed by atoms with Gasteiger partial charge in [-0.05, 0) is 44.6 Å². The van der Waals surface area contributed by atoms with E-state index < -0.39 is 23.7 Å². The van der Waals surface area contributed by atoms with E-state index in [-0.39, 0.29) is 11.8 Å². The number of carbonyl (C=O) groups is 2. The molecule has 1 fully saturated rings. The smallest absolute Gasteiger partial charge is 0.408 e. The van der Waals surface area contributed by atoms with Gasteiger partial charge < -0.3 is 15.2 Å². The van der Waals surface area contributed by atoms with Crippen LogP contribution in [-0.4, -0.2) is 28.8 Å². The molecule has 0 radical (unpaired) electrons. The molecule has 0 bridgehead atoms. The van der Waals surface area contributed by atoms with Gasteiger partial charge in [-0.15, -0.1) is 0 Å². The molecule has 1 aliphatic carbocycles. The Morgan fingerprint density at radius 2 is 1.90 bits per heavy atom. The number of benzene rings is 1. The summed E-state index contributed by atoms with van der Waals surface area (Å²) in [5.41, 5.74) is 0.468. The Morgan fingerprint density at radius 1 is 1.29 bits per heavy atom. The number of hydrogen-bond acceptors (Lipinski definition) is 3. The number of amides is 1. The van der Waals surface area contributed by atoms with Crippen LogP contribution in [0, 0.1) is 5.92 Å². The quantitative estimate of drug-likeness (QED) is 0.894. The fourth-order valence-corrected chi connectivity index (χ4v) is 2.45. The van der Waals surface area contributed by atoms with Crippen molar-refractivity contribution in [1.29, 1.82) is 0 Å². The van der Waals surface area contributed by atoms with Crippen LogP contribution < -0.4 is 5.32 Å². The van der Waals surface area contributed by atoms with Crippen LogP contribution >= 0.6 is 0 Å². The maximum atomic E-state index is 11.8. The summed E-state index contributed by atoms with van der Waals surface area (Å²) in [6, 6.07) is 8.84. The fraction of sp³-hybridized carbons (Fsp3) is 0.500. The predicted octanol–water partition coefficient (Wildman–Crippen LogP) is 2.77. The lowest BCUT2D eigenvalue weighted by Crippen LogP contribution is -2.45. The first-order chi connectivity index (χ1) is 9.78. The Kier molecular flexibility index (Phi) is 4.21. The Labute approximate surface area is 124 Å². The molecule has 0 aliphatic heterocycles. The lowest BCUT2D eigenvalue weighted by Gasteiger charge is -2.22. The Morgan fingerprint density at radius 3 is 2.43 bits per heavy atom. The molecule has 3 atom stereocenters. The van der Waals surface area contributed by atoms with Gasteiger partial charge in [-0.3, -0.25) is 0 Å². The molecule has 1 saturated carbocycles. The van der Waals surface area contributed by atoms with Gasteiger partial charge in [0.15, 0.2) is 0 Å². The fourth-order valence-electron chi connectivity index (χ4n) is 2.45. The van der Waals surface area contributed by atoms with Crippen molar-refractivity contribution in [1.82, 2.24) is 5.32 Å². The highest BCUT2D eigenvalue weighted by Gasteiger charge is 2.48. The standard InChI is InChI=1S/C16H21NO4/c1-16(2,3)21-15(20)17-13(14(18)19)12-9-11(12)10-7-5-4-6-8-10/h4-8,11-13H,9H2,1-3H3,(H,17,20)(H,18,19). The Bertz CT molecular complexity index is 521. The van der Waals surface area contributed by atoms with Gasteiger partial charge in [0.05, 0.1) is 0 Å². The zero-order chi connectivity index (χ0) is 15.6. The maximum Gasteiger partial charge on any atom is 0.408 e. The molecule has 1 aromatic rings. The molecule has 21 heavy (non-hydrogen) atoms. The SMILES string of the molecule is CC(C)(C)OC(=O)NC(C(=O)O)C1CC1c1ccccc1. The molecule has 0 saturated heterocycles. The summed E-state index contributed by atoms with van der Waals surface area (Å²) in [5.74, 6) is -0.927. The lowest BCUT2D eigenvalue weighted by atomic mass is 10.1. The maximum absolute atomic E-state index is 11.8. The average Bonchev–Trinajstić information content (AvgIpc) is 3.14. The molecule has 5 nitrogen and oxygen atoms in total. The Hall–Kier alpha value is -2.04. The molecule has 0 aromatic heterocycles. The molecule has 0 spiro atoms. The zero-order valence-corrected chi connectivity index (χ0v) is 12.5. The highest BCUT2D eigenvalue weighted by Crippen LogP contribution is 2.49. The van der Waals surface area contributed by atoms with Gasteiger partial charge in [-0.1, -0.05) is 30.3 Å². The van der Waals surface area contributed by atoms with E-state index in [1.165, 1.54) is 0 Å². The predicted molar refractivity (Wildman–Crippen MR) is 78.1 cm³/mol. The summed E-state index contributed by atoms with van der Waals surface area (Å²) in [4.78, 5) is 23.1. The van der Waals surface area contributed by atoms with E-state index in [9.17, 15) is 14.7 Å². The van der Waals surface area contributed by atoms with Crippen LogP contribution in [0.25, 0.3) is 0 Å². The molecule has 2 N–H and O–H groups in total. The van der Waals surface area contributed by atoms with Crippen molar-refractivity contribution >= 4 is 12.1 Å². The average molecular weight is 291 g/mol. The van der Waals surface area contributed by atoms with Crippen molar-refractivity contribution in [3.05, 3.63) is 35.9 Å². The van der Waals surface area contributed by atoms with Gasteiger partial charge >= 0.3 is 12.1 Å². The normalized spacial score (nSPS) is 22.2. The molecule has 0 heterocycles. The first-order valence-electron chi connectivity index (χ1n) is 7.05. The highest BCUT2D eigenvalue weighted by molar-refractivity contribution is 5.81. The largest absolute Gasteiger partial charge is 0.480 e. The number of ether oxygens (including phenoxy) is 1. The van der Waals surface area contributed by atoms with E-state index in [1.807, 2.05) is 30.3 Å². The van der Waals surface area contributed by atoms with E-state index in [4.69, 9.17) is 4.74 Å². The molecule has 1 amide bonds. The zero-order valence-electron chi connectivity index (χ0n) is 12.5. The highest BCUT2D eigenvalue weighted by atomic mass is 16.6. The third-order valence-electron chi connectivity index (χ3n) is 3.43. The molecule has 5 heteroatoms. The van der Waals surface area contributed by atoms with Gasteiger partial charge in [0.2, 0.25) is 0 Å². The van der Waals surface area contributed by atoms with E-state index in [0.717, 1.165) is 12.0 Å². The molecule has 3 unspecified atom stereocenters.